The SMILES string of the molecule is COCCN(CCOC)C(=O)OC(C)C. The third-order valence-corrected chi connectivity index (χ3v) is 1.73. The van der Waals surface area contributed by atoms with Crippen molar-refractivity contribution in [2.24, 2.45) is 0 Å². The molecule has 0 aromatic heterocycles. The van der Waals surface area contributed by atoms with Crippen LogP contribution in [0.3, 0.4) is 0 Å². The molecule has 1 amide bonds. The van der Waals surface area contributed by atoms with Gasteiger partial charge in [-0.3, -0.25) is 0 Å². The Bertz CT molecular complexity index is 165. The molecule has 0 aromatic rings. The topological polar surface area (TPSA) is 48.0 Å². The van der Waals surface area contributed by atoms with Gasteiger partial charge in [0.2, 0.25) is 0 Å². The minimum atomic E-state index is -0.320. The summed E-state index contributed by atoms with van der Waals surface area (Å²) in [6.07, 6.45) is -0.427. The van der Waals surface area contributed by atoms with Gasteiger partial charge in [0.05, 0.1) is 19.3 Å². The molecule has 90 valence electrons. The molecule has 5 nitrogen and oxygen atoms in total. The van der Waals surface area contributed by atoms with E-state index in [9.17, 15) is 4.79 Å². The van der Waals surface area contributed by atoms with Crippen LogP contribution in [0.5, 0.6) is 0 Å². The Kier molecular flexibility index (Phi) is 8.04. The number of amides is 1. The summed E-state index contributed by atoms with van der Waals surface area (Å²) in [6.45, 7) is 5.68. The van der Waals surface area contributed by atoms with Crippen LogP contribution in [0.25, 0.3) is 0 Å². The van der Waals surface area contributed by atoms with E-state index in [1.165, 1.54) is 0 Å². The first-order valence-electron chi connectivity index (χ1n) is 5.05. The van der Waals surface area contributed by atoms with Crippen LogP contribution in [0.15, 0.2) is 0 Å². The molecular weight excluding hydrogens is 198 g/mol. The first-order chi connectivity index (χ1) is 7.11. The standard InChI is InChI=1S/C10H21NO4/c1-9(2)15-10(12)11(5-7-13-3)6-8-14-4/h9H,5-8H2,1-4H3. The van der Waals surface area contributed by atoms with Gasteiger partial charge in [-0.25, -0.2) is 4.79 Å². The predicted octanol–water partition coefficient (Wildman–Crippen LogP) is 1.13. The molecule has 0 radical (unpaired) electrons. The van der Waals surface area contributed by atoms with Gasteiger partial charge in [0, 0.05) is 27.3 Å². The number of rotatable bonds is 7. The minimum Gasteiger partial charge on any atom is -0.447 e. The summed E-state index contributed by atoms with van der Waals surface area (Å²) in [5.74, 6) is 0. The van der Waals surface area contributed by atoms with Gasteiger partial charge >= 0.3 is 6.09 Å². The lowest BCUT2D eigenvalue weighted by molar-refractivity contribution is 0.0562. The highest BCUT2D eigenvalue weighted by molar-refractivity contribution is 5.67. The Balaban J connectivity index is 4.01. The van der Waals surface area contributed by atoms with Crippen LogP contribution >= 0.6 is 0 Å². The van der Waals surface area contributed by atoms with E-state index in [-0.39, 0.29) is 12.2 Å². The van der Waals surface area contributed by atoms with Gasteiger partial charge in [-0.2, -0.15) is 0 Å². The highest BCUT2D eigenvalue weighted by atomic mass is 16.6. The summed E-state index contributed by atoms with van der Waals surface area (Å²) in [4.78, 5) is 13.1. The predicted molar refractivity (Wildman–Crippen MR) is 56.9 cm³/mol. The van der Waals surface area contributed by atoms with Gasteiger partial charge in [0.15, 0.2) is 0 Å². The van der Waals surface area contributed by atoms with Gasteiger partial charge in [-0.1, -0.05) is 0 Å². The lowest BCUT2D eigenvalue weighted by atomic mass is 10.5. The first kappa shape index (κ1) is 14.2. The van der Waals surface area contributed by atoms with Gasteiger partial charge in [-0.05, 0) is 13.8 Å². The van der Waals surface area contributed by atoms with Crippen LogP contribution in [-0.2, 0) is 14.2 Å². The van der Waals surface area contributed by atoms with Crippen molar-refractivity contribution in [2.45, 2.75) is 20.0 Å². The fraction of sp³-hybridized carbons (Fsp3) is 0.900. The van der Waals surface area contributed by atoms with Crippen LogP contribution in [0.2, 0.25) is 0 Å². The highest BCUT2D eigenvalue weighted by Gasteiger charge is 2.15. The maximum Gasteiger partial charge on any atom is 0.410 e. The number of carbonyl (C=O) groups is 1. The average Bonchev–Trinajstić information content (AvgIpc) is 2.17. The fourth-order valence-electron chi connectivity index (χ4n) is 0.974. The van der Waals surface area contributed by atoms with Gasteiger partial charge in [0.1, 0.15) is 0 Å². The minimum absolute atomic E-state index is 0.106. The molecule has 0 aliphatic heterocycles. The normalized spacial score (nSPS) is 10.5. The quantitative estimate of drug-likeness (QED) is 0.644. The van der Waals surface area contributed by atoms with Crippen LogP contribution in [0.1, 0.15) is 13.8 Å². The molecule has 0 aromatic carbocycles. The molecule has 5 heteroatoms. The second-order valence-corrected chi connectivity index (χ2v) is 3.41. The largest absolute Gasteiger partial charge is 0.447 e. The number of ether oxygens (including phenoxy) is 3. The maximum atomic E-state index is 11.6. The summed E-state index contributed by atoms with van der Waals surface area (Å²) >= 11 is 0. The van der Waals surface area contributed by atoms with E-state index in [0.29, 0.717) is 26.3 Å². The van der Waals surface area contributed by atoms with Crippen molar-refractivity contribution in [3.63, 3.8) is 0 Å². The third kappa shape index (κ3) is 7.16. The fourth-order valence-corrected chi connectivity index (χ4v) is 0.974. The number of hydrogen-bond acceptors (Lipinski definition) is 4. The lowest BCUT2D eigenvalue weighted by Gasteiger charge is -2.22. The summed E-state index contributed by atoms with van der Waals surface area (Å²) in [5.41, 5.74) is 0. The smallest absolute Gasteiger partial charge is 0.410 e. The average molecular weight is 219 g/mol. The van der Waals surface area contributed by atoms with Crippen molar-refractivity contribution in [3.8, 4) is 0 Å². The van der Waals surface area contributed by atoms with Crippen molar-refractivity contribution in [2.75, 3.05) is 40.5 Å². The molecule has 0 aliphatic carbocycles. The van der Waals surface area contributed by atoms with E-state index < -0.39 is 0 Å². The third-order valence-electron chi connectivity index (χ3n) is 1.73. The molecular formula is C10H21NO4. The lowest BCUT2D eigenvalue weighted by Crippen LogP contribution is -2.37. The zero-order valence-electron chi connectivity index (χ0n) is 9.99. The van der Waals surface area contributed by atoms with Crippen molar-refractivity contribution >= 4 is 6.09 Å². The number of carbonyl (C=O) groups excluding carboxylic acids is 1. The van der Waals surface area contributed by atoms with E-state index in [1.807, 2.05) is 13.8 Å². The molecule has 0 saturated heterocycles. The van der Waals surface area contributed by atoms with Gasteiger partial charge in [-0.15, -0.1) is 0 Å². The molecule has 0 bridgehead atoms. The summed E-state index contributed by atoms with van der Waals surface area (Å²) in [6, 6.07) is 0. The van der Waals surface area contributed by atoms with E-state index in [0.717, 1.165) is 0 Å². The first-order valence-corrected chi connectivity index (χ1v) is 5.05. The Labute approximate surface area is 91.3 Å². The van der Waals surface area contributed by atoms with Crippen molar-refractivity contribution in [1.82, 2.24) is 4.90 Å². The van der Waals surface area contributed by atoms with Crippen molar-refractivity contribution < 1.29 is 19.0 Å². The van der Waals surface area contributed by atoms with Crippen molar-refractivity contribution in [1.29, 1.82) is 0 Å². The molecule has 15 heavy (non-hydrogen) atoms. The van der Waals surface area contributed by atoms with Crippen molar-refractivity contribution in [3.05, 3.63) is 0 Å². The van der Waals surface area contributed by atoms with Crippen LogP contribution in [-0.4, -0.2) is 57.6 Å². The molecule has 0 atom stereocenters. The molecule has 0 N–H and O–H groups in total. The molecule has 0 heterocycles. The second-order valence-electron chi connectivity index (χ2n) is 3.41. The second kappa shape index (κ2) is 8.49. The monoisotopic (exact) mass is 219 g/mol. The summed E-state index contributed by atoms with van der Waals surface area (Å²) in [7, 11) is 3.20. The summed E-state index contributed by atoms with van der Waals surface area (Å²) in [5, 5.41) is 0. The molecule has 0 fully saturated rings. The molecule has 0 rings (SSSR count). The van der Waals surface area contributed by atoms with Gasteiger partial charge < -0.3 is 19.1 Å². The maximum absolute atomic E-state index is 11.6. The Morgan fingerprint density at radius 3 is 1.93 bits per heavy atom. The Morgan fingerprint density at radius 2 is 1.60 bits per heavy atom. The summed E-state index contributed by atoms with van der Waals surface area (Å²) < 4.78 is 14.9. The molecule has 0 aliphatic rings. The molecule has 0 unspecified atom stereocenters. The van der Waals surface area contributed by atoms with Crippen LogP contribution in [0, 0.1) is 0 Å². The van der Waals surface area contributed by atoms with Crippen LogP contribution in [0.4, 0.5) is 4.79 Å². The van der Waals surface area contributed by atoms with E-state index >= 15 is 0 Å². The zero-order valence-corrected chi connectivity index (χ0v) is 9.99. The van der Waals surface area contributed by atoms with E-state index in [4.69, 9.17) is 14.2 Å². The van der Waals surface area contributed by atoms with Crippen LogP contribution < -0.4 is 0 Å². The highest BCUT2D eigenvalue weighted by Crippen LogP contribution is 1.98. The number of hydrogen-bond donors (Lipinski definition) is 0. The Morgan fingerprint density at radius 1 is 1.13 bits per heavy atom. The zero-order chi connectivity index (χ0) is 11.7. The Hall–Kier alpha value is -0.810. The molecule has 0 spiro atoms. The number of nitrogens with zero attached hydrogens (tertiary/aromatic N) is 1. The van der Waals surface area contributed by atoms with Gasteiger partial charge in [0.25, 0.3) is 0 Å². The van der Waals surface area contributed by atoms with E-state index in [2.05, 4.69) is 0 Å². The number of methoxy groups -OCH3 is 2. The molecule has 0 saturated carbocycles. The van der Waals surface area contributed by atoms with E-state index in [1.54, 1.807) is 19.1 Å².